The molecule has 2 amide bonds. The average Bonchev–Trinajstić information content (AvgIpc) is 2.82. The van der Waals surface area contributed by atoms with Crippen LogP contribution < -0.4 is 24.4 Å². The third-order valence-electron chi connectivity index (χ3n) is 5.11. The standard InChI is InChI=1S/C23H32N4O3S.2ClH/c1-3-24-23(28)25-31-20-11-9-19(10-12-20)30-18-6-13-26-14-16-27(17-15-26)21-7-4-5-8-22(21)29-2;;/h4-5,7-12H,3,6,13-18H2,1-2H3,(H2,24,25,28);2*1H. The number of benzene rings is 2. The van der Waals surface area contributed by atoms with E-state index in [1.807, 2.05) is 43.3 Å². The van der Waals surface area contributed by atoms with Gasteiger partial charge in [-0.25, -0.2) is 4.79 Å². The minimum atomic E-state index is -0.184. The highest BCUT2D eigenvalue weighted by molar-refractivity contribution is 7.98. The van der Waals surface area contributed by atoms with E-state index in [0.29, 0.717) is 13.2 Å². The molecule has 0 saturated carbocycles. The molecule has 0 radical (unpaired) electrons. The smallest absolute Gasteiger partial charge is 0.325 e. The zero-order chi connectivity index (χ0) is 21.9. The number of amides is 2. The van der Waals surface area contributed by atoms with Crippen molar-refractivity contribution < 1.29 is 14.3 Å². The molecule has 7 nitrogen and oxygen atoms in total. The van der Waals surface area contributed by atoms with Crippen molar-refractivity contribution in [1.82, 2.24) is 14.9 Å². The van der Waals surface area contributed by atoms with Crippen LogP contribution in [-0.4, -0.2) is 63.9 Å². The Hall–Kier alpha value is -2.00. The molecule has 0 spiro atoms. The molecule has 0 unspecified atom stereocenters. The second kappa shape index (κ2) is 15.8. The van der Waals surface area contributed by atoms with Gasteiger partial charge in [-0.1, -0.05) is 12.1 Å². The second-order valence-corrected chi connectivity index (χ2v) is 8.12. The molecule has 0 atom stereocenters. The molecule has 1 heterocycles. The van der Waals surface area contributed by atoms with E-state index in [1.54, 1.807) is 7.11 Å². The van der Waals surface area contributed by atoms with Crippen molar-refractivity contribution in [3.63, 3.8) is 0 Å². The Bertz CT molecular complexity index is 822. The molecule has 0 aliphatic carbocycles. The predicted octanol–water partition coefficient (Wildman–Crippen LogP) is 4.46. The predicted molar refractivity (Wildman–Crippen MR) is 141 cm³/mol. The SMILES string of the molecule is CCNC(=O)NSc1ccc(OCCCN2CCN(c3ccccc3OC)CC2)cc1.Cl.Cl. The first kappa shape index (κ1) is 29.0. The zero-order valence-corrected chi connectivity index (χ0v) is 21.6. The maximum absolute atomic E-state index is 11.4. The molecule has 3 rings (SSSR count). The molecule has 33 heavy (non-hydrogen) atoms. The summed E-state index contributed by atoms with van der Waals surface area (Å²) in [6.45, 7) is 8.32. The van der Waals surface area contributed by atoms with Crippen LogP contribution in [-0.2, 0) is 0 Å². The number of hydrogen-bond donors (Lipinski definition) is 2. The number of urea groups is 1. The number of carbonyl (C=O) groups excluding carboxylic acids is 1. The minimum absolute atomic E-state index is 0. The third-order valence-corrected chi connectivity index (χ3v) is 5.90. The van der Waals surface area contributed by atoms with Crippen molar-refractivity contribution in [2.75, 3.05) is 57.9 Å². The summed E-state index contributed by atoms with van der Waals surface area (Å²) in [5.74, 6) is 1.79. The first-order valence-corrected chi connectivity index (χ1v) is 11.5. The molecule has 1 saturated heterocycles. The number of piperazine rings is 1. The molecule has 0 bridgehead atoms. The monoisotopic (exact) mass is 516 g/mol. The number of hydrogen-bond acceptors (Lipinski definition) is 6. The summed E-state index contributed by atoms with van der Waals surface area (Å²) in [6.07, 6.45) is 0.990. The van der Waals surface area contributed by atoms with Crippen molar-refractivity contribution in [1.29, 1.82) is 0 Å². The van der Waals surface area contributed by atoms with Crippen LogP contribution in [0.15, 0.2) is 53.4 Å². The zero-order valence-electron chi connectivity index (χ0n) is 19.1. The summed E-state index contributed by atoms with van der Waals surface area (Å²) in [5.41, 5.74) is 1.18. The van der Waals surface area contributed by atoms with Crippen LogP contribution in [0.5, 0.6) is 11.5 Å². The molecule has 1 aliphatic rings. The maximum atomic E-state index is 11.4. The Labute approximate surface area is 213 Å². The van der Waals surface area contributed by atoms with E-state index in [1.165, 1.54) is 17.6 Å². The summed E-state index contributed by atoms with van der Waals surface area (Å²) in [5, 5.41) is 2.70. The van der Waals surface area contributed by atoms with Gasteiger partial charge in [0.1, 0.15) is 11.5 Å². The lowest BCUT2D eigenvalue weighted by Crippen LogP contribution is -2.46. The van der Waals surface area contributed by atoms with Gasteiger partial charge in [0, 0.05) is 44.2 Å². The Balaban J connectivity index is 0.00000272. The summed E-state index contributed by atoms with van der Waals surface area (Å²) in [6, 6.07) is 15.8. The van der Waals surface area contributed by atoms with Gasteiger partial charge in [-0.3, -0.25) is 9.62 Å². The molecular formula is C23H34Cl2N4O3S. The number of methoxy groups -OCH3 is 1. The van der Waals surface area contributed by atoms with Gasteiger partial charge in [0.2, 0.25) is 0 Å². The van der Waals surface area contributed by atoms with Crippen LogP contribution in [0.4, 0.5) is 10.5 Å². The normalized spacial score (nSPS) is 13.3. The number of carbonyl (C=O) groups is 1. The molecule has 184 valence electrons. The Morgan fingerprint density at radius 1 is 1.03 bits per heavy atom. The average molecular weight is 518 g/mol. The van der Waals surface area contributed by atoms with Crippen molar-refractivity contribution in [3.05, 3.63) is 48.5 Å². The largest absolute Gasteiger partial charge is 0.495 e. The summed E-state index contributed by atoms with van der Waals surface area (Å²) >= 11 is 1.29. The summed E-state index contributed by atoms with van der Waals surface area (Å²) in [4.78, 5) is 17.3. The van der Waals surface area contributed by atoms with E-state index >= 15 is 0 Å². The lowest BCUT2D eigenvalue weighted by molar-refractivity contribution is 0.224. The minimum Gasteiger partial charge on any atom is -0.495 e. The Kier molecular flexibility index (Phi) is 13.9. The van der Waals surface area contributed by atoms with E-state index in [4.69, 9.17) is 9.47 Å². The van der Waals surface area contributed by atoms with Crippen molar-refractivity contribution in [2.24, 2.45) is 0 Å². The number of halogens is 2. The molecular weight excluding hydrogens is 483 g/mol. The van der Waals surface area contributed by atoms with Crippen LogP contribution in [0.2, 0.25) is 0 Å². The highest BCUT2D eigenvalue weighted by Gasteiger charge is 2.19. The summed E-state index contributed by atoms with van der Waals surface area (Å²) < 4.78 is 14.1. The van der Waals surface area contributed by atoms with Gasteiger partial charge in [-0.2, -0.15) is 0 Å². The highest BCUT2D eigenvalue weighted by Crippen LogP contribution is 2.28. The number of rotatable bonds is 10. The number of para-hydroxylation sites is 2. The Morgan fingerprint density at radius 2 is 1.73 bits per heavy atom. The Morgan fingerprint density at radius 3 is 2.39 bits per heavy atom. The van der Waals surface area contributed by atoms with Gasteiger partial charge in [0.05, 0.1) is 19.4 Å². The molecule has 0 aromatic heterocycles. The van der Waals surface area contributed by atoms with E-state index in [9.17, 15) is 4.79 Å². The lowest BCUT2D eigenvalue weighted by atomic mass is 10.2. The van der Waals surface area contributed by atoms with Gasteiger partial charge in [-0.15, -0.1) is 24.8 Å². The second-order valence-electron chi connectivity index (χ2n) is 7.24. The van der Waals surface area contributed by atoms with Crippen LogP contribution in [0.25, 0.3) is 0 Å². The van der Waals surface area contributed by atoms with Crippen LogP contribution in [0, 0.1) is 0 Å². The van der Waals surface area contributed by atoms with Crippen LogP contribution in [0.3, 0.4) is 0 Å². The number of anilines is 1. The van der Waals surface area contributed by atoms with Gasteiger partial charge in [0.25, 0.3) is 0 Å². The van der Waals surface area contributed by atoms with Crippen molar-refractivity contribution >= 4 is 48.5 Å². The molecule has 1 aliphatic heterocycles. The lowest BCUT2D eigenvalue weighted by Gasteiger charge is -2.36. The van der Waals surface area contributed by atoms with Crippen LogP contribution in [0.1, 0.15) is 13.3 Å². The molecule has 2 aromatic rings. The van der Waals surface area contributed by atoms with E-state index in [-0.39, 0.29) is 30.8 Å². The first-order valence-electron chi connectivity index (χ1n) is 10.7. The van der Waals surface area contributed by atoms with E-state index in [2.05, 4.69) is 32.0 Å². The molecule has 1 fully saturated rings. The van der Waals surface area contributed by atoms with Crippen molar-refractivity contribution in [3.8, 4) is 11.5 Å². The van der Waals surface area contributed by atoms with Crippen LogP contribution >= 0.6 is 36.8 Å². The first-order chi connectivity index (χ1) is 15.2. The van der Waals surface area contributed by atoms with E-state index in [0.717, 1.165) is 55.5 Å². The van der Waals surface area contributed by atoms with Gasteiger partial charge in [0.15, 0.2) is 0 Å². The van der Waals surface area contributed by atoms with Gasteiger partial charge >= 0.3 is 6.03 Å². The fourth-order valence-electron chi connectivity index (χ4n) is 3.49. The molecule has 2 aromatic carbocycles. The summed E-state index contributed by atoms with van der Waals surface area (Å²) in [7, 11) is 1.73. The fraction of sp³-hybridized carbons (Fsp3) is 0.435. The van der Waals surface area contributed by atoms with Crippen molar-refractivity contribution in [2.45, 2.75) is 18.2 Å². The third kappa shape index (κ3) is 9.41. The number of ether oxygens (including phenoxy) is 2. The van der Waals surface area contributed by atoms with Gasteiger partial charge < -0.3 is 19.7 Å². The quantitative estimate of drug-likeness (QED) is 0.359. The highest BCUT2D eigenvalue weighted by atomic mass is 35.5. The number of nitrogens with zero attached hydrogens (tertiary/aromatic N) is 2. The number of nitrogens with one attached hydrogen (secondary N) is 2. The maximum Gasteiger partial charge on any atom is 0.325 e. The molecule has 10 heteroatoms. The van der Waals surface area contributed by atoms with Gasteiger partial charge in [-0.05, 0) is 61.7 Å². The molecule has 2 N–H and O–H groups in total. The fourth-order valence-corrected chi connectivity index (χ4v) is 4.04. The van der Waals surface area contributed by atoms with E-state index < -0.39 is 0 Å². The topological polar surface area (TPSA) is 66.1 Å².